The van der Waals surface area contributed by atoms with Crippen LogP contribution in [0.1, 0.15) is 23.6 Å². The summed E-state index contributed by atoms with van der Waals surface area (Å²) < 4.78 is 40.7. The number of alkyl halides is 3. The van der Waals surface area contributed by atoms with Gasteiger partial charge in [-0.05, 0) is 42.0 Å². The van der Waals surface area contributed by atoms with E-state index in [4.69, 9.17) is 0 Å². The van der Waals surface area contributed by atoms with Crippen molar-refractivity contribution < 1.29 is 22.8 Å². The van der Waals surface area contributed by atoms with Crippen molar-refractivity contribution in [2.75, 3.05) is 10.2 Å². The Morgan fingerprint density at radius 1 is 1.06 bits per heavy atom. The number of pyridine rings is 1. The second-order valence-electron chi connectivity index (χ2n) is 7.90. The Balaban J connectivity index is 1.44. The number of benzene rings is 2. The summed E-state index contributed by atoms with van der Waals surface area (Å²) in [6.45, 7) is 0.224. The van der Waals surface area contributed by atoms with Crippen LogP contribution in [0.15, 0.2) is 73.1 Å². The summed E-state index contributed by atoms with van der Waals surface area (Å²) in [7, 11) is 0. The zero-order valence-electron chi connectivity index (χ0n) is 17.7. The number of para-hydroxylation sites is 2. The second-order valence-corrected chi connectivity index (χ2v) is 7.90. The summed E-state index contributed by atoms with van der Waals surface area (Å²) in [5.41, 5.74) is 1.30. The van der Waals surface area contributed by atoms with Crippen molar-refractivity contribution in [1.29, 1.82) is 0 Å². The Kier molecular flexibility index (Phi) is 5.27. The van der Waals surface area contributed by atoms with Crippen LogP contribution in [-0.2, 0) is 22.3 Å². The van der Waals surface area contributed by atoms with Crippen molar-refractivity contribution in [3.63, 3.8) is 0 Å². The van der Waals surface area contributed by atoms with E-state index in [2.05, 4.69) is 15.3 Å². The molecule has 10 heteroatoms. The highest BCUT2D eigenvalue weighted by atomic mass is 19.4. The van der Waals surface area contributed by atoms with Crippen LogP contribution in [-0.4, -0.2) is 26.3 Å². The number of nitrogens with one attached hydrogen (secondary N) is 1. The van der Waals surface area contributed by atoms with Crippen LogP contribution in [0.2, 0.25) is 0 Å². The maximum absolute atomic E-state index is 13.4. The van der Waals surface area contributed by atoms with Gasteiger partial charge in [0.25, 0.3) is 5.91 Å². The summed E-state index contributed by atoms with van der Waals surface area (Å²) in [5.74, 6) is -0.493. The molecular weight excluding hydrogens is 447 g/mol. The Hall–Kier alpha value is -4.21. The normalized spacial score (nSPS) is 15.6. The molecule has 2 aromatic heterocycles. The number of imidazole rings is 1. The number of amides is 2. The fraction of sp³-hybridized carbons (Fsp3) is 0.167. The monoisotopic (exact) mass is 465 g/mol. The third-order valence-electron chi connectivity index (χ3n) is 5.60. The van der Waals surface area contributed by atoms with Crippen LogP contribution in [0, 0.1) is 0 Å². The summed E-state index contributed by atoms with van der Waals surface area (Å²) in [6.07, 6.45) is -1.51. The summed E-state index contributed by atoms with van der Waals surface area (Å²) in [5, 5.41) is 2.48. The van der Waals surface area contributed by atoms with E-state index >= 15 is 0 Å². The summed E-state index contributed by atoms with van der Waals surface area (Å²) in [4.78, 5) is 36.3. The molecule has 2 amide bonds. The summed E-state index contributed by atoms with van der Waals surface area (Å²) >= 11 is 0. The van der Waals surface area contributed by atoms with Gasteiger partial charge >= 0.3 is 6.18 Å². The lowest BCUT2D eigenvalue weighted by molar-refractivity contribution is -0.137. The summed E-state index contributed by atoms with van der Waals surface area (Å²) in [6, 6.07) is 14.4. The minimum absolute atomic E-state index is 0.00759. The van der Waals surface area contributed by atoms with Gasteiger partial charge in [-0.1, -0.05) is 24.3 Å². The van der Waals surface area contributed by atoms with Crippen LogP contribution < -0.4 is 10.2 Å². The largest absolute Gasteiger partial charge is 0.416 e. The van der Waals surface area contributed by atoms with Gasteiger partial charge in [0, 0.05) is 18.1 Å². The molecule has 1 aliphatic heterocycles. The smallest absolute Gasteiger partial charge is 0.326 e. The molecule has 5 rings (SSSR count). The van der Waals surface area contributed by atoms with Crippen LogP contribution in [0.5, 0.6) is 0 Å². The average Bonchev–Trinajstić information content (AvgIpc) is 3.30. The number of anilines is 2. The number of hydrogen-bond donors (Lipinski definition) is 1. The SMILES string of the molecule is O=C(C[C@@H]1C(=O)N(Cc2cccnc2)c2nc3ccccc3n21)Nc1cccc(C(F)(F)F)c1. The van der Waals surface area contributed by atoms with Gasteiger partial charge in [0.05, 0.1) is 29.6 Å². The molecule has 0 spiro atoms. The Bertz CT molecular complexity index is 1380. The van der Waals surface area contributed by atoms with Crippen molar-refractivity contribution in [3.05, 3.63) is 84.2 Å². The van der Waals surface area contributed by atoms with Gasteiger partial charge < -0.3 is 5.32 Å². The number of fused-ring (bicyclic) bond motifs is 3. The van der Waals surface area contributed by atoms with Gasteiger partial charge in [0.15, 0.2) is 0 Å². The molecular formula is C24H18F3N5O2. The van der Waals surface area contributed by atoms with Gasteiger partial charge in [-0.3, -0.25) is 24.0 Å². The lowest BCUT2D eigenvalue weighted by atomic mass is 10.1. The Morgan fingerprint density at radius 3 is 2.65 bits per heavy atom. The lowest BCUT2D eigenvalue weighted by Crippen LogP contribution is -2.31. The number of halogens is 3. The molecule has 172 valence electrons. The lowest BCUT2D eigenvalue weighted by Gasteiger charge is -2.16. The van der Waals surface area contributed by atoms with Gasteiger partial charge in [0.2, 0.25) is 11.9 Å². The number of rotatable bonds is 5. The molecule has 1 atom stereocenters. The minimum Gasteiger partial charge on any atom is -0.326 e. The first-order valence-corrected chi connectivity index (χ1v) is 10.5. The van der Waals surface area contributed by atoms with Gasteiger partial charge in [-0.25, -0.2) is 4.98 Å². The first-order chi connectivity index (χ1) is 16.3. The molecule has 0 saturated heterocycles. The van der Waals surface area contributed by atoms with Crippen molar-refractivity contribution in [1.82, 2.24) is 14.5 Å². The molecule has 34 heavy (non-hydrogen) atoms. The van der Waals surface area contributed by atoms with Crippen molar-refractivity contribution in [2.24, 2.45) is 0 Å². The molecule has 1 aliphatic rings. The molecule has 1 N–H and O–H groups in total. The molecule has 4 aromatic rings. The number of aromatic nitrogens is 3. The Labute approximate surface area is 191 Å². The third kappa shape index (κ3) is 3.98. The molecule has 7 nitrogen and oxygen atoms in total. The van der Waals surface area contributed by atoms with Crippen molar-refractivity contribution >= 4 is 34.5 Å². The zero-order chi connectivity index (χ0) is 23.9. The highest BCUT2D eigenvalue weighted by molar-refractivity contribution is 6.05. The molecule has 0 bridgehead atoms. The van der Waals surface area contributed by atoms with E-state index in [1.54, 1.807) is 23.0 Å². The van der Waals surface area contributed by atoms with Crippen LogP contribution >= 0.6 is 0 Å². The molecule has 0 saturated carbocycles. The number of nitrogens with zero attached hydrogens (tertiary/aromatic N) is 4. The maximum Gasteiger partial charge on any atom is 0.416 e. The van der Waals surface area contributed by atoms with Crippen LogP contribution in [0.25, 0.3) is 11.0 Å². The van der Waals surface area contributed by atoms with Gasteiger partial charge in [-0.15, -0.1) is 0 Å². The van der Waals surface area contributed by atoms with Crippen molar-refractivity contribution in [2.45, 2.75) is 25.2 Å². The van der Waals surface area contributed by atoms with E-state index in [1.165, 1.54) is 17.0 Å². The molecule has 0 radical (unpaired) electrons. The van der Waals surface area contributed by atoms with E-state index in [0.717, 1.165) is 17.7 Å². The number of hydrogen-bond acceptors (Lipinski definition) is 4. The van der Waals surface area contributed by atoms with E-state index in [1.807, 2.05) is 30.3 Å². The second kappa shape index (κ2) is 8.29. The number of carbonyl (C=O) groups excluding carboxylic acids is 2. The predicted molar refractivity (Wildman–Crippen MR) is 119 cm³/mol. The molecule has 0 aliphatic carbocycles. The van der Waals surface area contributed by atoms with Gasteiger partial charge in [-0.2, -0.15) is 13.2 Å². The molecule has 0 fully saturated rings. The number of carbonyl (C=O) groups is 2. The quantitative estimate of drug-likeness (QED) is 0.468. The van der Waals surface area contributed by atoms with E-state index in [9.17, 15) is 22.8 Å². The van der Waals surface area contributed by atoms with Crippen LogP contribution in [0.3, 0.4) is 0 Å². The molecule has 3 heterocycles. The standard InChI is InChI=1S/C24H18F3N5O2/c25-24(26,27)16-6-3-7-17(11-16)29-21(33)12-20-22(34)31(14-15-5-4-10-28-13-15)23-30-18-8-1-2-9-19(18)32(20)23/h1-11,13,20H,12,14H2,(H,29,33)/t20-/m1/s1. The average molecular weight is 465 g/mol. The molecule has 2 aromatic carbocycles. The fourth-order valence-corrected chi connectivity index (χ4v) is 4.08. The fourth-order valence-electron chi connectivity index (χ4n) is 4.08. The third-order valence-corrected chi connectivity index (χ3v) is 5.60. The van der Waals surface area contributed by atoms with Crippen molar-refractivity contribution in [3.8, 4) is 0 Å². The molecule has 0 unspecified atom stereocenters. The zero-order valence-corrected chi connectivity index (χ0v) is 17.7. The topological polar surface area (TPSA) is 80.1 Å². The van der Waals surface area contributed by atoms with Crippen LogP contribution in [0.4, 0.5) is 24.8 Å². The highest BCUT2D eigenvalue weighted by Crippen LogP contribution is 2.37. The first-order valence-electron chi connectivity index (χ1n) is 10.5. The predicted octanol–water partition coefficient (Wildman–Crippen LogP) is 4.57. The minimum atomic E-state index is -4.53. The first kappa shape index (κ1) is 21.6. The van der Waals surface area contributed by atoms with E-state index in [0.29, 0.717) is 17.0 Å². The Morgan fingerprint density at radius 2 is 1.88 bits per heavy atom. The van der Waals surface area contributed by atoms with Gasteiger partial charge in [0.1, 0.15) is 6.04 Å². The highest BCUT2D eigenvalue weighted by Gasteiger charge is 2.41. The van der Waals surface area contributed by atoms with E-state index in [-0.39, 0.29) is 24.6 Å². The van der Waals surface area contributed by atoms with E-state index < -0.39 is 23.7 Å². The maximum atomic E-state index is 13.4.